The lowest BCUT2D eigenvalue weighted by Crippen LogP contribution is -2.10. The number of aliphatic hydroxyl groups excluding tert-OH is 1. The van der Waals surface area contributed by atoms with Gasteiger partial charge in [0, 0.05) is 0 Å². The van der Waals surface area contributed by atoms with Crippen molar-refractivity contribution in [2.24, 2.45) is 0 Å². The molecule has 5 nitrogen and oxygen atoms in total. The summed E-state index contributed by atoms with van der Waals surface area (Å²) in [5.74, 6) is -2.07. The fraction of sp³-hybridized carbons (Fsp3) is 0.200. The Morgan fingerprint density at radius 1 is 1.41 bits per heavy atom. The molecular weight excluding hydrogens is 236 g/mol. The van der Waals surface area contributed by atoms with Gasteiger partial charge >= 0.3 is 5.97 Å². The molecule has 0 fully saturated rings. The molecule has 7 heteroatoms. The number of aliphatic carboxylic acids is 1. The lowest BCUT2D eigenvalue weighted by molar-refractivity contribution is -0.148. The van der Waals surface area contributed by atoms with E-state index in [2.05, 4.69) is 4.98 Å². The Bertz CT molecular complexity index is 566. The molecule has 0 aliphatic carbocycles. The maximum atomic E-state index is 12.6. The third kappa shape index (κ3) is 1.96. The molecule has 0 aliphatic heterocycles. The monoisotopic (exact) mass is 243 g/mol. The van der Waals surface area contributed by atoms with E-state index in [1.54, 1.807) is 0 Å². The molecule has 0 spiro atoms. The first-order chi connectivity index (χ1) is 8.00. The van der Waals surface area contributed by atoms with Gasteiger partial charge < -0.3 is 14.6 Å². The molecule has 1 aromatic heterocycles. The Kier molecular flexibility index (Phi) is 2.76. The molecule has 2 N–H and O–H groups in total. The number of hydrogen-bond donors (Lipinski definition) is 2. The van der Waals surface area contributed by atoms with Crippen LogP contribution < -0.4 is 0 Å². The van der Waals surface area contributed by atoms with Crippen molar-refractivity contribution in [2.75, 3.05) is 0 Å². The van der Waals surface area contributed by atoms with Gasteiger partial charge in [-0.3, -0.25) is 0 Å². The number of rotatable bonds is 3. The lowest BCUT2D eigenvalue weighted by atomic mass is 10.2. The number of benzene rings is 1. The van der Waals surface area contributed by atoms with Crippen LogP contribution in [0.3, 0.4) is 0 Å². The minimum absolute atomic E-state index is 0.0816. The minimum atomic E-state index is -2.76. The van der Waals surface area contributed by atoms with E-state index in [0.29, 0.717) is 0 Å². The van der Waals surface area contributed by atoms with Crippen molar-refractivity contribution < 1.29 is 28.2 Å². The summed E-state index contributed by atoms with van der Waals surface area (Å²) in [6.45, 7) is 0. The van der Waals surface area contributed by atoms with Crippen molar-refractivity contribution in [1.29, 1.82) is 0 Å². The molecule has 0 aliphatic rings. The van der Waals surface area contributed by atoms with Crippen LogP contribution in [0, 0.1) is 0 Å². The van der Waals surface area contributed by atoms with Crippen molar-refractivity contribution in [3.05, 3.63) is 29.7 Å². The molecule has 90 valence electrons. The molecule has 1 unspecified atom stereocenters. The third-order valence-corrected chi connectivity index (χ3v) is 2.16. The van der Waals surface area contributed by atoms with Crippen LogP contribution >= 0.6 is 0 Å². The SMILES string of the molecule is O=C(O)C(O)c1nc2cccc(C(F)F)c2o1. The highest BCUT2D eigenvalue weighted by molar-refractivity contribution is 5.78. The van der Waals surface area contributed by atoms with Gasteiger partial charge in [0.1, 0.15) is 5.52 Å². The number of carbonyl (C=O) groups is 1. The second-order valence-corrected chi connectivity index (χ2v) is 3.29. The average molecular weight is 243 g/mol. The van der Waals surface area contributed by atoms with E-state index in [0.717, 1.165) is 6.07 Å². The topological polar surface area (TPSA) is 83.6 Å². The van der Waals surface area contributed by atoms with Gasteiger partial charge in [-0.15, -0.1) is 0 Å². The molecule has 1 aromatic carbocycles. The van der Waals surface area contributed by atoms with Gasteiger partial charge in [-0.05, 0) is 12.1 Å². The van der Waals surface area contributed by atoms with Crippen molar-refractivity contribution in [3.63, 3.8) is 0 Å². The van der Waals surface area contributed by atoms with Crippen molar-refractivity contribution in [1.82, 2.24) is 4.98 Å². The molecule has 2 rings (SSSR count). The fourth-order valence-electron chi connectivity index (χ4n) is 1.38. The third-order valence-electron chi connectivity index (χ3n) is 2.16. The summed E-state index contributed by atoms with van der Waals surface area (Å²) in [5, 5.41) is 17.7. The van der Waals surface area contributed by atoms with Crippen molar-refractivity contribution >= 4 is 17.1 Å². The number of fused-ring (bicyclic) bond motifs is 1. The van der Waals surface area contributed by atoms with E-state index in [1.807, 2.05) is 0 Å². The van der Waals surface area contributed by atoms with Crippen LogP contribution in [0.2, 0.25) is 0 Å². The first-order valence-corrected chi connectivity index (χ1v) is 4.59. The number of hydrogen-bond acceptors (Lipinski definition) is 4. The summed E-state index contributed by atoms with van der Waals surface area (Å²) in [5.41, 5.74) is -0.519. The number of para-hydroxylation sites is 1. The van der Waals surface area contributed by atoms with Gasteiger partial charge in [-0.2, -0.15) is 0 Å². The first-order valence-electron chi connectivity index (χ1n) is 4.59. The Hall–Kier alpha value is -2.02. The molecule has 2 aromatic rings. The second-order valence-electron chi connectivity index (χ2n) is 3.29. The summed E-state index contributed by atoms with van der Waals surface area (Å²) in [6, 6.07) is 3.89. The highest BCUT2D eigenvalue weighted by atomic mass is 19.3. The number of carboxylic acid groups (broad SMARTS) is 1. The van der Waals surface area contributed by atoms with Crippen LogP contribution in [-0.4, -0.2) is 21.2 Å². The summed E-state index contributed by atoms with van der Waals surface area (Å²) in [4.78, 5) is 14.1. The highest BCUT2D eigenvalue weighted by Crippen LogP contribution is 2.29. The second kappa shape index (κ2) is 4.10. The van der Waals surface area contributed by atoms with E-state index in [-0.39, 0.29) is 16.7 Å². The van der Waals surface area contributed by atoms with Crippen LogP contribution in [0.25, 0.3) is 11.1 Å². The van der Waals surface area contributed by atoms with E-state index in [4.69, 9.17) is 9.52 Å². The predicted octanol–water partition coefficient (Wildman–Crippen LogP) is 1.88. The number of oxazole rings is 1. The maximum Gasteiger partial charge on any atom is 0.342 e. The number of aliphatic hydroxyl groups is 1. The standard InChI is InChI=1S/C10H7F2NO4/c11-8(12)4-2-1-3-5-7(4)17-9(13-5)6(14)10(15)16/h1-3,6,8,14H,(H,15,16). The van der Waals surface area contributed by atoms with Gasteiger partial charge in [0.15, 0.2) is 5.58 Å². The van der Waals surface area contributed by atoms with Crippen molar-refractivity contribution in [3.8, 4) is 0 Å². The summed E-state index contributed by atoms with van der Waals surface area (Å²) >= 11 is 0. The molecule has 0 amide bonds. The molecule has 0 saturated carbocycles. The van der Waals surface area contributed by atoms with E-state index in [9.17, 15) is 18.7 Å². The van der Waals surface area contributed by atoms with Crippen LogP contribution in [0.15, 0.2) is 22.6 Å². The molecule has 1 heterocycles. The quantitative estimate of drug-likeness (QED) is 0.859. The number of alkyl halides is 2. The molecule has 17 heavy (non-hydrogen) atoms. The van der Waals surface area contributed by atoms with Crippen LogP contribution in [0.1, 0.15) is 24.0 Å². The Morgan fingerprint density at radius 2 is 2.12 bits per heavy atom. The lowest BCUT2D eigenvalue weighted by Gasteiger charge is -1.99. The first kappa shape index (κ1) is 11.5. The number of aromatic nitrogens is 1. The normalized spacial score (nSPS) is 13.2. The highest BCUT2D eigenvalue weighted by Gasteiger charge is 2.24. The molecule has 0 bridgehead atoms. The van der Waals surface area contributed by atoms with Crippen molar-refractivity contribution in [2.45, 2.75) is 12.5 Å². The number of halogens is 2. The summed E-state index contributed by atoms with van der Waals surface area (Å²) in [6.07, 6.45) is -4.73. The zero-order valence-electron chi connectivity index (χ0n) is 8.30. The number of nitrogens with zero attached hydrogens (tertiary/aromatic N) is 1. The molecule has 0 saturated heterocycles. The Balaban J connectivity index is 2.57. The zero-order valence-corrected chi connectivity index (χ0v) is 8.30. The zero-order chi connectivity index (χ0) is 12.6. The van der Waals surface area contributed by atoms with Crippen LogP contribution in [-0.2, 0) is 4.79 Å². The maximum absolute atomic E-state index is 12.6. The van der Waals surface area contributed by atoms with E-state index in [1.165, 1.54) is 12.1 Å². The summed E-state index contributed by atoms with van der Waals surface area (Å²) < 4.78 is 30.1. The molecule has 0 radical (unpaired) electrons. The fourth-order valence-corrected chi connectivity index (χ4v) is 1.38. The largest absolute Gasteiger partial charge is 0.479 e. The van der Waals surface area contributed by atoms with Gasteiger partial charge in [0.25, 0.3) is 6.43 Å². The van der Waals surface area contributed by atoms with E-state index >= 15 is 0 Å². The molecule has 1 atom stereocenters. The van der Waals surface area contributed by atoms with Gasteiger partial charge in [0.05, 0.1) is 5.56 Å². The summed E-state index contributed by atoms with van der Waals surface area (Å²) in [7, 11) is 0. The van der Waals surface area contributed by atoms with Gasteiger partial charge in [-0.25, -0.2) is 18.6 Å². The number of carboxylic acids is 1. The van der Waals surface area contributed by atoms with Gasteiger partial charge in [0.2, 0.25) is 12.0 Å². The minimum Gasteiger partial charge on any atom is -0.479 e. The smallest absolute Gasteiger partial charge is 0.342 e. The van der Waals surface area contributed by atoms with Crippen LogP contribution in [0.5, 0.6) is 0 Å². The van der Waals surface area contributed by atoms with Crippen LogP contribution in [0.4, 0.5) is 8.78 Å². The molecular formula is C10H7F2NO4. The van der Waals surface area contributed by atoms with Gasteiger partial charge in [-0.1, -0.05) is 6.07 Å². The van der Waals surface area contributed by atoms with E-state index < -0.39 is 24.4 Å². The predicted molar refractivity (Wildman–Crippen MR) is 51.6 cm³/mol. The Morgan fingerprint density at radius 3 is 2.71 bits per heavy atom. The Labute approximate surface area is 93.3 Å². The average Bonchev–Trinajstić information content (AvgIpc) is 2.70.